The number of nitrogens with zero attached hydrogens (tertiary/aromatic N) is 1. The van der Waals surface area contributed by atoms with Gasteiger partial charge in [0.15, 0.2) is 7.28 Å². The molecule has 2 aliphatic carbocycles. The standard InChI is InChI=1S/C63H62BN2/c1-40-34-44(42-20-14-11-15-21-42)26-29-56(40)66-57-39-53-51(61(4,5)31-33-63(53,8)9)37-54(57)64-58-49(35-45-22-16-17-23-47(45)59(58)66)48-36-50-52(62(6,7)32-30-60(50,2)3)38-55(48)65-46-27-24-43(25-28-46)41-18-12-10-13-19-41/h10-29,34-39,65H,30-33H2,1-9H3. The van der Waals surface area contributed by atoms with Crippen LogP contribution in [-0.4, -0.2) is 7.28 Å². The van der Waals surface area contributed by atoms with Crippen molar-refractivity contribution >= 4 is 57.4 Å². The minimum atomic E-state index is 0.0315. The van der Waals surface area contributed by atoms with Gasteiger partial charge in [-0.15, -0.1) is 0 Å². The third-order valence-electron chi connectivity index (χ3n) is 15.9. The number of anilines is 5. The van der Waals surface area contributed by atoms with Gasteiger partial charge in [0.05, 0.1) is 0 Å². The highest BCUT2D eigenvalue weighted by Crippen LogP contribution is 2.52. The summed E-state index contributed by atoms with van der Waals surface area (Å²) in [6.45, 7) is 21.9. The maximum atomic E-state index is 4.05. The molecular weight excluding hydrogens is 796 g/mol. The molecule has 3 aliphatic rings. The van der Waals surface area contributed by atoms with Crippen LogP contribution in [0.3, 0.4) is 0 Å². The second-order valence-corrected chi connectivity index (χ2v) is 22.3. The van der Waals surface area contributed by atoms with Gasteiger partial charge < -0.3 is 10.2 Å². The van der Waals surface area contributed by atoms with Crippen LogP contribution < -0.4 is 21.1 Å². The van der Waals surface area contributed by atoms with E-state index < -0.39 is 0 Å². The van der Waals surface area contributed by atoms with Gasteiger partial charge in [0.1, 0.15) is 0 Å². The molecule has 1 aliphatic heterocycles. The Balaban J connectivity index is 1.18. The summed E-state index contributed by atoms with van der Waals surface area (Å²) >= 11 is 0. The predicted octanol–water partition coefficient (Wildman–Crippen LogP) is 16.0. The fourth-order valence-corrected chi connectivity index (χ4v) is 11.6. The monoisotopic (exact) mass is 858 g/mol. The number of hydrogen-bond donors (Lipinski definition) is 1. The lowest BCUT2D eigenvalue weighted by atomic mass is 9.54. The van der Waals surface area contributed by atoms with Gasteiger partial charge in [0.25, 0.3) is 0 Å². The van der Waals surface area contributed by atoms with E-state index in [9.17, 15) is 0 Å². The van der Waals surface area contributed by atoms with E-state index in [1.54, 1.807) is 0 Å². The van der Waals surface area contributed by atoms with Crippen molar-refractivity contribution in [2.75, 3.05) is 10.2 Å². The summed E-state index contributed by atoms with van der Waals surface area (Å²) in [5.74, 6) is 0. The maximum absolute atomic E-state index is 4.05. The Kier molecular flexibility index (Phi) is 9.86. The molecular formula is C63H62BN2. The second kappa shape index (κ2) is 15.4. The maximum Gasteiger partial charge on any atom is 0.197 e. The van der Waals surface area contributed by atoms with E-state index in [2.05, 4.69) is 238 Å². The van der Waals surface area contributed by atoms with Crippen LogP contribution in [0.5, 0.6) is 0 Å². The van der Waals surface area contributed by atoms with E-state index in [0.29, 0.717) is 0 Å². The second-order valence-electron chi connectivity index (χ2n) is 22.3. The fourth-order valence-electron chi connectivity index (χ4n) is 11.6. The molecule has 11 rings (SSSR count). The van der Waals surface area contributed by atoms with Gasteiger partial charge in [-0.2, -0.15) is 0 Å². The van der Waals surface area contributed by atoms with Crippen LogP contribution in [0.4, 0.5) is 28.4 Å². The lowest BCUT2D eigenvalue weighted by Gasteiger charge is -2.45. The summed E-state index contributed by atoms with van der Waals surface area (Å²) in [5.41, 5.74) is 23.2. The molecule has 66 heavy (non-hydrogen) atoms. The minimum Gasteiger partial charge on any atom is -0.355 e. The fraction of sp³-hybridized carbons (Fsp3) is 0.270. The van der Waals surface area contributed by atoms with Gasteiger partial charge in [-0.25, -0.2) is 0 Å². The van der Waals surface area contributed by atoms with Crippen LogP contribution in [0.1, 0.15) is 109 Å². The number of fused-ring (bicyclic) bond motifs is 6. The topological polar surface area (TPSA) is 15.3 Å². The molecule has 2 nitrogen and oxygen atoms in total. The molecule has 0 amide bonds. The lowest BCUT2D eigenvalue weighted by Crippen LogP contribution is -2.44. The predicted molar refractivity (Wildman–Crippen MR) is 285 cm³/mol. The van der Waals surface area contributed by atoms with Gasteiger partial charge in [0.2, 0.25) is 0 Å². The molecule has 0 saturated heterocycles. The quantitative estimate of drug-likeness (QED) is 0.168. The third kappa shape index (κ3) is 7.09. The zero-order valence-electron chi connectivity index (χ0n) is 40.4. The van der Waals surface area contributed by atoms with Crippen LogP contribution in [0.25, 0.3) is 44.2 Å². The van der Waals surface area contributed by atoms with Crippen molar-refractivity contribution in [2.24, 2.45) is 0 Å². The Labute approximate surface area is 394 Å². The Morgan fingerprint density at radius 2 is 0.970 bits per heavy atom. The van der Waals surface area contributed by atoms with Gasteiger partial charge >= 0.3 is 0 Å². The number of rotatable bonds is 6. The van der Waals surface area contributed by atoms with Crippen molar-refractivity contribution in [3.05, 3.63) is 186 Å². The molecule has 1 heterocycles. The Morgan fingerprint density at radius 1 is 0.455 bits per heavy atom. The number of benzene rings is 8. The first-order chi connectivity index (χ1) is 31.6. The van der Waals surface area contributed by atoms with Gasteiger partial charge in [-0.3, -0.25) is 0 Å². The van der Waals surface area contributed by atoms with Gasteiger partial charge in [0, 0.05) is 39.4 Å². The van der Waals surface area contributed by atoms with Gasteiger partial charge in [-0.05, 0) is 169 Å². The molecule has 8 aromatic rings. The average Bonchev–Trinajstić information content (AvgIpc) is 3.31. The molecule has 0 atom stereocenters. The number of nitrogens with one attached hydrogen (secondary N) is 1. The zero-order valence-corrected chi connectivity index (χ0v) is 40.4. The van der Waals surface area contributed by atoms with Crippen molar-refractivity contribution in [3.8, 4) is 33.4 Å². The van der Waals surface area contributed by atoms with E-state index in [4.69, 9.17) is 0 Å². The summed E-state index contributed by atoms with van der Waals surface area (Å²) in [4.78, 5) is 2.64. The van der Waals surface area contributed by atoms with Crippen molar-refractivity contribution in [1.82, 2.24) is 0 Å². The molecule has 0 saturated carbocycles. The highest BCUT2D eigenvalue weighted by atomic mass is 15.2. The molecule has 1 radical (unpaired) electrons. The molecule has 1 N–H and O–H groups in total. The first kappa shape index (κ1) is 42.3. The first-order valence-electron chi connectivity index (χ1n) is 24.3. The summed E-state index contributed by atoms with van der Waals surface area (Å²) in [6, 6.07) is 59.4. The minimum absolute atomic E-state index is 0.0315. The Bertz CT molecular complexity index is 3190. The first-order valence-corrected chi connectivity index (χ1v) is 24.3. The van der Waals surface area contributed by atoms with Crippen molar-refractivity contribution in [3.63, 3.8) is 0 Å². The van der Waals surface area contributed by atoms with E-state index in [1.807, 2.05) is 0 Å². The summed E-state index contributed by atoms with van der Waals surface area (Å²) < 4.78 is 0. The van der Waals surface area contributed by atoms with Crippen LogP contribution in [-0.2, 0) is 21.7 Å². The molecule has 3 heteroatoms. The summed E-state index contributed by atoms with van der Waals surface area (Å²) in [5, 5.41) is 6.54. The molecule has 0 unspecified atom stereocenters. The zero-order chi connectivity index (χ0) is 45.8. The highest BCUT2D eigenvalue weighted by molar-refractivity contribution is 6.74. The molecule has 0 spiro atoms. The SMILES string of the molecule is Cc1cc(-c2ccccc2)ccc1N1c2cc3c(cc2[B]c2c(-c4cc5c(cc4Nc4ccc(-c6ccccc6)cc4)C(C)(C)CCC5(C)C)cc4ccccc4c21)C(C)(C)CCC3(C)C. The van der Waals surface area contributed by atoms with Crippen LogP contribution in [0, 0.1) is 6.92 Å². The van der Waals surface area contributed by atoms with Crippen molar-refractivity contribution in [1.29, 1.82) is 0 Å². The summed E-state index contributed by atoms with van der Waals surface area (Å²) in [6.07, 6.45) is 4.64. The Hall–Kier alpha value is -6.32. The largest absolute Gasteiger partial charge is 0.355 e. The molecule has 327 valence electrons. The number of aryl methyl sites for hydroxylation is 1. The van der Waals surface area contributed by atoms with Crippen molar-refractivity contribution in [2.45, 2.75) is 110 Å². The molecule has 8 aromatic carbocycles. The smallest absolute Gasteiger partial charge is 0.197 e. The van der Waals surface area contributed by atoms with E-state index in [0.717, 1.165) is 24.2 Å². The normalized spacial score (nSPS) is 17.2. The lowest BCUT2D eigenvalue weighted by molar-refractivity contribution is 0.332. The molecule has 0 aromatic heterocycles. The van der Waals surface area contributed by atoms with E-state index >= 15 is 0 Å². The van der Waals surface area contributed by atoms with Crippen LogP contribution in [0.2, 0.25) is 0 Å². The van der Waals surface area contributed by atoms with Gasteiger partial charge in [-0.1, -0.05) is 170 Å². The molecule has 0 bridgehead atoms. The van der Waals surface area contributed by atoms with Crippen molar-refractivity contribution < 1.29 is 0 Å². The summed E-state index contributed by atoms with van der Waals surface area (Å²) in [7, 11) is 2.54. The number of hydrogen-bond acceptors (Lipinski definition) is 2. The van der Waals surface area contributed by atoms with E-state index in [-0.39, 0.29) is 21.7 Å². The average molecular weight is 858 g/mol. The highest BCUT2D eigenvalue weighted by Gasteiger charge is 2.42. The van der Waals surface area contributed by atoms with E-state index in [1.165, 1.54) is 113 Å². The molecule has 0 fully saturated rings. The van der Waals surface area contributed by atoms with Crippen LogP contribution >= 0.6 is 0 Å². The third-order valence-corrected chi connectivity index (χ3v) is 15.9. The van der Waals surface area contributed by atoms with Crippen LogP contribution in [0.15, 0.2) is 158 Å². The Morgan fingerprint density at radius 3 is 1.59 bits per heavy atom.